The molecule has 2 heterocycles. The topological polar surface area (TPSA) is 84.0 Å². The molecule has 0 aromatic rings. The van der Waals surface area contributed by atoms with Gasteiger partial charge < -0.3 is 4.74 Å². The molecule has 0 fully saturated rings. The molecule has 0 atom stereocenters. The van der Waals surface area contributed by atoms with E-state index < -0.39 is 0 Å². The minimum atomic E-state index is -0.317. The molecular formula is C17H28N2O5. The zero-order valence-electron chi connectivity index (χ0n) is 11.5. The summed E-state index contributed by atoms with van der Waals surface area (Å²) in [5, 5.41) is 0. The van der Waals surface area contributed by atoms with Crippen LogP contribution < -0.4 is 0 Å². The first-order valence-corrected chi connectivity index (χ1v) is 6.74. The summed E-state index contributed by atoms with van der Waals surface area (Å²) in [6.07, 6.45) is 6.34. The van der Waals surface area contributed by atoms with Gasteiger partial charge in [-0.25, -0.2) is 0 Å². The van der Waals surface area contributed by atoms with Crippen LogP contribution in [-0.2, 0) is 23.9 Å². The van der Waals surface area contributed by atoms with Gasteiger partial charge in [0.1, 0.15) is 0 Å². The van der Waals surface area contributed by atoms with E-state index in [1.807, 2.05) is 0 Å². The Balaban J connectivity index is 0. The molecule has 0 saturated carbocycles. The quantitative estimate of drug-likeness (QED) is 0.494. The van der Waals surface area contributed by atoms with Crippen LogP contribution >= 0.6 is 0 Å². The van der Waals surface area contributed by atoms with E-state index >= 15 is 0 Å². The van der Waals surface area contributed by atoms with Gasteiger partial charge in [0, 0.05) is 37.5 Å². The van der Waals surface area contributed by atoms with E-state index in [0.29, 0.717) is 26.0 Å². The molecule has 7 heteroatoms. The Labute approximate surface area is 143 Å². The van der Waals surface area contributed by atoms with Gasteiger partial charge in [0.2, 0.25) is 0 Å². The largest absolute Gasteiger partial charge is 0.380 e. The molecule has 0 aromatic carbocycles. The van der Waals surface area contributed by atoms with Crippen molar-refractivity contribution < 1.29 is 23.9 Å². The van der Waals surface area contributed by atoms with E-state index in [2.05, 4.69) is 0 Å². The van der Waals surface area contributed by atoms with Crippen molar-refractivity contribution >= 4 is 23.6 Å². The molecule has 24 heavy (non-hydrogen) atoms. The van der Waals surface area contributed by atoms with Crippen LogP contribution in [0.4, 0.5) is 0 Å². The predicted molar refractivity (Wildman–Crippen MR) is 92.0 cm³/mol. The van der Waals surface area contributed by atoms with Crippen LogP contribution in [0.15, 0.2) is 24.3 Å². The van der Waals surface area contributed by atoms with Gasteiger partial charge >= 0.3 is 0 Å². The van der Waals surface area contributed by atoms with Gasteiger partial charge in [-0.3, -0.25) is 29.0 Å². The lowest BCUT2D eigenvalue weighted by Gasteiger charge is -2.14. The summed E-state index contributed by atoms with van der Waals surface area (Å²) >= 11 is 0. The Bertz CT molecular complexity index is 443. The molecule has 2 aliphatic rings. The average molecular weight is 340 g/mol. The molecule has 7 nitrogen and oxygen atoms in total. The SMILES string of the molecule is C.C.C.O=C1C=CC(=O)N1CCCCOCCN1C(=O)C=CC1=O. The van der Waals surface area contributed by atoms with Crippen molar-refractivity contribution in [2.45, 2.75) is 35.1 Å². The number of nitrogens with zero attached hydrogens (tertiary/aromatic N) is 2. The molecule has 2 rings (SSSR count). The van der Waals surface area contributed by atoms with Crippen LogP contribution in [0.3, 0.4) is 0 Å². The summed E-state index contributed by atoms with van der Waals surface area (Å²) < 4.78 is 5.33. The Kier molecular flexibility index (Phi) is 11.3. The van der Waals surface area contributed by atoms with E-state index in [-0.39, 0.29) is 59.1 Å². The van der Waals surface area contributed by atoms with Crippen LogP contribution in [0.5, 0.6) is 0 Å². The summed E-state index contributed by atoms with van der Waals surface area (Å²) in [7, 11) is 0. The third-order valence-corrected chi connectivity index (χ3v) is 3.18. The second-order valence-electron chi connectivity index (χ2n) is 4.64. The highest BCUT2D eigenvalue weighted by molar-refractivity contribution is 6.13. The first-order valence-electron chi connectivity index (χ1n) is 6.74. The van der Waals surface area contributed by atoms with Crippen molar-refractivity contribution in [3.8, 4) is 0 Å². The van der Waals surface area contributed by atoms with Crippen molar-refractivity contribution in [2.75, 3.05) is 26.3 Å². The Morgan fingerprint density at radius 3 is 1.50 bits per heavy atom. The first kappa shape index (κ1) is 24.0. The summed E-state index contributed by atoms with van der Waals surface area (Å²) in [5.74, 6) is -1.19. The number of amides is 4. The first-order chi connectivity index (χ1) is 10.1. The van der Waals surface area contributed by atoms with Gasteiger partial charge in [0.05, 0.1) is 13.2 Å². The van der Waals surface area contributed by atoms with E-state index in [4.69, 9.17) is 4.74 Å². The molecule has 0 N–H and O–H groups in total. The molecule has 0 aliphatic carbocycles. The van der Waals surface area contributed by atoms with E-state index in [1.54, 1.807) is 0 Å². The van der Waals surface area contributed by atoms with Gasteiger partial charge in [0.15, 0.2) is 0 Å². The van der Waals surface area contributed by atoms with Crippen molar-refractivity contribution in [1.29, 1.82) is 0 Å². The number of unbranched alkanes of at least 4 members (excludes halogenated alkanes) is 1. The highest BCUT2D eigenvalue weighted by Crippen LogP contribution is 2.06. The van der Waals surface area contributed by atoms with Crippen molar-refractivity contribution in [2.24, 2.45) is 0 Å². The fraction of sp³-hybridized carbons (Fsp3) is 0.529. The molecule has 0 aromatic heterocycles. The second kappa shape index (κ2) is 11.3. The molecule has 0 unspecified atom stereocenters. The molecule has 136 valence electrons. The minimum absolute atomic E-state index is 0. The highest BCUT2D eigenvalue weighted by atomic mass is 16.5. The van der Waals surface area contributed by atoms with Gasteiger partial charge in [-0.2, -0.15) is 0 Å². The van der Waals surface area contributed by atoms with Crippen molar-refractivity contribution in [3.63, 3.8) is 0 Å². The average Bonchev–Trinajstić information content (AvgIpc) is 2.94. The van der Waals surface area contributed by atoms with E-state index in [1.165, 1.54) is 29.2 Å². The lowest BCUT2D eigenvalue weighted by atomic mass is 10.3. The number of carbonyl (C=O) groups excluding carboxylic acids is 4. The standard InChI is InChI=1S/C14H16N2O5.3CH4/c17-11-3-4-12(18)15(11)7-1-2-9-21-10-8-16-13(19)5-6-14(16)20;;;/h3-6H,1-2,7-10H2;3*1H4. The molecule has 0 bridgehead atoms. The Hall–Kier alpha value is -2.28. The maximum absolute atomic E-state index is 11.3. The van der Waals surface area contributed by atoms with Gasteiger partial charge in [0.25, 0.3) is 23.6 Å². The van der Waals surface area contributed by atoms with Crippen LogP contribution in [-0.4, -0.2) is 59.7 Å². The molecule has 0 radical (unpaired) electrons. The monoisotopic (exact) mass is 340 g/mol. The number of carbonyl (C=O) groups is 4. The number of hydrogen-bond acceptors (Lipinski definition) is 5. The molecule has 0 saturated heterocycles. The second-order valence-corrected chi connectivity index (χ2v) is 4.64. The third kappa shape index (κ3) is 6.08. The van der Waals surface area contributed by atoms with Gasteiger partial charge in [-0.1, -0.05) is 22.3 Å². The summed E-state index contributed by atoms with van der Waals surface area (Å²) in [4.78, 5) is 47.3. The van der Waals surface area contributed by atoms with Crippen LogP contribution in [0.25, 0.3) is 0 Å². The van der Waals surface area contributed by atoms with E-state index in [9.17, 15) is 19.2 Å². The highest BCUT2D eigenvalue weighted by Gasteiger charge is 2.23. The smallest absolute Gasteiger partial charge is 0.253 e. The predicted octanol–water partition coefficient (Wildman–Crippen LogP) is 1.54. The fourth-order valence-corrected chi connectivity index (χ4v) is 2.03. The normalized spacial score (nSPS) is 15.5. The molecule has 2 aliphatic heterocycles. The number of rotatable bonds is 8. The van der Waals surface area contributed by atoms with Crippen LogP contribution in [0.1, 0.15) is 35.1 Å². The summed E-state index contributed by atoms with van der Waals surface area (Å²) in [5.41, 5.74) is 0. The fourth-order valence-electron chi connectivity index (χ4n) is 2.03. The number of imide groups is 2. The summed E-state index contributed by atoms with van der Waals surface area (Å²) in [6, 6.07) is 0. The molecule has 4 amide bonds. The maximum Gasteiger partial charge on any atom is 0.253 e. The maximum atomic E-state index is 11.3. The Morgan fingerprint density at radius 2 is 1.04 bits per heavy atom. The third-order valence-electron chi connectivity index (χ3n) is 3.18. The number of ether oxygens (including phenoxy) is 1. The molecule has 0 spiro atoms. The molecular weight excluding hydrogens is 312 g/mol. The minimum Gasteiger partial charge on any atom is -0.380 e. The van der Waals surface area contributed by atoms with Gasteiger partial charge in [-0.15, -0.1) is 0 Å². The van der Waals surface area contributed by atoms with E-state index in [0.717, 1.165) is 4.90 Å². The van der Waals surface area contributed by atoms with Crippen molar-refractivity contribution in [3.05, 3.63) is 24.3 Å². The zero-order chi connectivity index (χ0) is 15.2. The Morgan fingerprint density at radius 1 is 0.625 bits per heavy atom. The summed E-state index contributed by atoms with van der Waals surface area (Å²) in [6.45, 7) is 1.34. The lowest BCUT2D eigenvalue weighted by molar-refractivity contribution is -0.138. The number of hydrogen-bond donors (Lipinski definition) is 0. The zero-order valence-corrected chi connectivity index (χ0v) is 11.5. The van der Waals surface area contributed by atoms with Crippen molar-refractivity contribution in [1.82, 2.24) is 9.80 Å². The van der Waals surface area contributed by atoms with Gasteiger partial charge in [-0.05, 0) is 12.8 Å². The van der Waals surface area contributed by atoms with Crippen LogP contribution in [0.2, 0.25) is 0 Å². The van der Waals surface area contributed by atoms with Crippen LogP contribution in [0, 0.1) is 0 Å². The lowest BCUT2D eigenvalue weighted by Crippen LogP contribution is -2.33.